The maximum Gasteiger partial charge on any atom is 0.416 e. The standard InChI is InChI=1S/C24H20F3N3O2/c1-14-20(22(31)17-4-2-5-17)21(16-10-8-15(13-28)9-11-16)29-23(32)30(14)19-7-3-6-18(12-19)24(25,26)27/h3,6-12,17,21H,2,4-5H2,1H3,(H,29,32)/t21-/m1/s1. The van der Waals surface area contributed by atoms with Gasteiger partial charge in [0, 0.05) is 17.2 Å². The van der Waals surface area contributed by atoms with Crippen LogP contribution in [0.3, 0.4) is 0 Å². The number of rotatable bonds is 4. The molecule has 0 radical (unpaired) electrons. The van der Waals surface area contributed by atoms with E-state index in [-0.39, 0.29) is 17.4 Å². The second-order valence-electron chi connectivity index (χ2n) is 7.99. The van der Waals surface area contributed by atoms with E-state index in [2.05, 4.69) is 5.32 Å². The van der Waals surface area contributed by atoms with Gasteiger partial charge in [-0.15, -0.1) is 0 Å². The Hall–Kier alpha value is -3.60. The second-order valence-corrected chi connectivity index (χ2v) is 7.99. The van der Waals surface area contributed by atoms with Crippen LogP contribution in [0.5, 0.6) is 0 Å². The summed E-state index contributed by atoms with van der Waals surface area (Å²) in [5.41, 5.74) is 0.886. The van der Waals surface area contributed by atoms with Gasteiger partial charge in [0.05, 0.1) is 28.9 Å². The van der Waals surface area contributed by atoms with E-state index in [0.717, 1.165) is 36.3 Å². The summed E-state index contributed by atoms with van der Waals surface area (Å²) in [5, 5.41) is 11.8. The van der Waals surface area contributed by atoms with Crippen LogP contribution < -0.4 is 10.2 Å². The second kappa shape index (κ2) is 8.15. The Morgan fingerprint density at radius 1 is 1.16 bits per heavy atom. The number of nitrogens with zero attached hydrogens (tertiary/aromatic N) is 2. The molecule has 2 aromatic carbocycles. The molecule has 1 aliphatic carbocycles. The van der Waals surface area contributed by atoms with Gasteiger partial charge < -0.3 is 5.32 Å². The highest BCUT2D eigenvalue weighted by atomic mass is 19.4. The molecule has 4 rings (SSSR count). The first-order valence-electron chi connectivity index (χ1n) is 10.2. The summed E-state index contributed by atoms with van der Waals surface area (Å²) < 4.78 is 39.7. The summed E-state index contributed by atoms with van der Waals surface area (Å²) in [4.78, 5) is 27.5. The fourth-order valence-electron chi connectivity index (χ4n) is 4.09. The number of amides is 2. The summed E-state index contributed by atoms with van der Waals surface area (Å²) >= 11 is 0. The number of alkyl halides is 3. The van der Waals surface area contributed by atoms with Crippen LogP contribution in [0.4, 0.5) is 23.7 Å². The molecule has 32 heavy (non-hydrogen) atoms. The molecular weight excluding hydrogens is 419 g/mol. The number of urea groups is 1. The van der Waals surface area contributed by atoms with E-state index in [9.17, 15) is 22.8 Å². The maximum absolute atomic E-state index is 13.3. The number of carbonyl (C=O) groups is 2. The van der Waals surface area contributed by atoms with Crippen LogP contribution in [-0.4, -0.2) is 11.8 Å². The number of benzene rings is 2. The predicted molar refractivity (Wildman–Crippen MR) is 111 cm³/mol. The zero-order valence-electron chi connectivity index (χ0n) is 17.2. The van der Waals surface area contributed by atoms with Crippen LogP contribution in [0.1, 0.15) is 48.9 Å². The van der Waals surface area contributed by atoms with Gasteiger partial charge in [0.1, 0.15) is 0 Å². The monoisotopic (exact) mass is 439 g/mol. The number of carbonyl (C=O) groups excluding carboxylic acids is 2. The summed E-state index contributed by atoms with van der Waals surface area (Å²) in [6.45, 7) is 1.58. The average molecular weight is 439 g/mol. The lowest BCUT2D eigenvalue weighted by Gasteiger charge is -2.38. The highest BCUT2D eigenvalue weighted by molar-refractivity contribution is 6.06. The highest BCUT2D eigenvalue weighted by Gasteiger charge is 2.40. The quantitative estimate of drug-likeness (QED) is 0.685. The number of anilines is 1. The Balaban J connectivity index is 1.82. The predicted octanol–water partition coefficient (Wildman–Crippen LogP) is 5.49. The molecule has 0 bridgehead atoms. The summed E-state index contributed by atoms with van der Waals surface area (Å²) in [7, 11) is 0. The fraction of sp³-hybridized carbons (Fsp3) is 0.292. The average Bonchev–Trinajstić information content (AvgIpc) is 2.71. The van der Waals surface area contributed by atoms with Gasteiger partial charge in [-0.05, 0) is 55.7 Å². The third-order valence-corrected chi connectivity index (χ3v) is 6.03. The van der Waals surface area contributed by atoms with Crippen molar-refractivity contribution in [2.24, 2.45) is 5.92 Å². The molecule has 0 unspecified atom stereocenters. The molecule has 2 amide bonds. The van der Waals surface area contributed by atoms with Crippen LogP contribution in [0.15, 0.2) is 59.8 Å². The number of nitrogens with one attached hydrogen (secondary N) is 1. The van der Waals surface area contributed by atoms with E-state index in [4.69, 9.17) is 5.26 Å². The normalized spacial score (nSPS) is 19.3. The number of hydrogen-bond acceptors (Lipinski definition) is 3. The molecular formula is C24H20F3N3O2. The number of halogens is 3. The Morgan fingerprint density at radius 3 is 2.41 bits per heavy atom. The lowest BCUT2D eigenvalue weighted by Crippen LogP contribution is -2.49. The first-order chi connectivity index (χ1) is 15.2. The zero-order chi connectivity index (χ0) is 23.0. The van der Waals surface area contributed by atoms with Crippen molar-refractivity contribution in [2.45, 2.75) is 38.4 Å². The van der Waals surface area contributed by atoms with Crippen LogP contribution in [-0.2, 0) is 11.0 Å². The van der Waals surface area contributed by atoms with E-state index < -0.39 is 23.8 Å². The van der Waals surface area contributed by atoms with Gasteiger partial charge >= 0.3 is 12.2 Å². The number of allylic oxidation sites excluding steroid dienone is 1. The van der Waals surface area contributed by atoms with Crippen molar-refractivity contribution in [1.82, 2.24) is 5.32 Å². The van der Waals surface area contributed by atoms with Crippen molar-refractivity contribution in [3.05, 3.63) is 76.5 Å². The van der Waals surface area contributed by atoms with Crippen molar-refractivity contribution >= 4 is 17.5 Å². The molecule has 2 aliphatic rings. The van der Waals surface area contributed by atoms with Crippen molar-refractivity contribution in [2.75, 3.05) is 4.90 Å². The molecule has 1 N–H and O–H groups in total. The SMILES string of the molecule is CC1=C(C(=O)C2CCC2)[C@@H](c2ccc(C#N)cc2)NC(=O)N1c1cccc(C(F)(F)F)c1. The molecule has 8 heteroatoms. The van der Waals surface area contributed by atoms with Crippen molar-refractivity contribution in [3.8, 4) is 6.07 Å². The van der Waals surface area contributed by atoms with E-state index >= 15 is 0 Å². The number of ketones is 1. The molecule has 0 aromatic heterocycles. The van der Waals surface area contributed by atoms with E-state index in [1.54, 1.807) is 31.2 Å². The number of nitriles is 1. The minimum Gasteiger partial charge on any atom is -0.326 e. The van der Waals surface area contributed by atoms with Gasteiger partial charge in [0.2, 0.25) is 0 Å². The van der Waals surface area contributed by atoms with Crippen LogP contribution in [0.25, 0.3) is 0 Å². The summed E-state index contributed by atoms with van der Waals surface area (Å²) in [6, 6.07) is 11.7. The number of Topliss-reactive ketones (excluding diaryl/α,β-unsaturated/α-hetero) is 1. The van der Waals surface area contributed by atoms with Gasteiger partial charge in [0.15, 0.2) is 5.78 Å². The smallest absolute Gasteiger partial charge is 0.326 e. The molecule has 164 valence electrons. The molecule has 1 aliphatic heterocycles. The van der Waals surface area contributed by atoms with Gasteiger partial charge in [-0.1, -0.05) is 24.6 Å². The molecule has 0 spiro atoms. The molecule has 0 saturated heterocycles. The first kappa shape index (κ1) is 21.6. The van der Waals surface area contributed by atoms with Gasteiger partial charge in [-0.2, -0.15) is 18.4 Å². The van der Waals surface area contributed by atoms with Crippen molar-refractivity contribution < 1.29 is 22.8 Å². The minimum atomic E-state index is -4.56. The summed E-state index contributed by atoms with van der Waals surface area (Å²) in [5.74, 6) is -0.278. The van der Waals surface area contributed by atoms with Gasteiger partial charge in [-0.25, -0.2) is 4.79 Å². The first-order valence-corrected chi connectivity index (χ1v) is 10.2. The molecule has 5 nitrogen and oxygen atoms in total. The molecule has 2 aromatic rings. The maximum atomic E-state index is 13.3. The zero-order valence-corrected chi connectivity index (χ0v) is 17.2. The van der Waals surface area contributed by atoms with Gasteiger partial charge in [-0.3, -0.25) is 9.69 Å². The Morgan fingerprint density at radius 2 is 1.84 bits per heavy atom. The third kappa shape index (κ3) is 3.86. The van der Waals surface area contributed by atoms with E-state index in [0.29, 0.717) is 22.4 Å². The topological polar surface area (TPSA) is 73.2 Å². The Labute approximate surface area is 183 Å². The van der Waals surface area contributed by atoms with Crippen LogP contribution in [0.2, 0.25) is 0 Å². The molecule has 1 heterocycles. The van der Waals surface area contributed by atoms with Crippen LogP contribution in [0, 0.1) is 17.2 Å². The van der Waals surface area contributed by atoms with Crippen molar-refractivity contribution in [3.63, 3.8) is 0 Å². The van der Waals surface area contributed by atoms with E-state index in [1.807, 2.05) is 6.07 Å². The third-order valence-electron chi connectivity index (χ3n) is 6.03. The molecule has 1 saturated carbocycles. The summed E-state index contributed by atoms with van der Waals surface area (Å²) in [6.07, 6.45) is -2.14. The molecule has 1 fully saturated rings. The minimum absolute atomic E-state index is 0.0343. The van der Waals surface area contributed by atoms with Crippen molar-refractivity contribution in [1.29, 1.82) is 5.26 Å². The van der Waals surface area contributed by atoms with Gasteiger partial charge in [0.25, 0.3) is 0 Å². The van der Waals surface area contributed by atoms with E-state index in [1.165, 1.54) is 12.1 Å². The Bertz CT molecular complexity index is 1140. The van der Waals surface area contributed by atoms with Crippen LogP contribution >= 0.6 is 0 Å². The Kier molecular flexibility index (Phi) is 5.51. The lowest BCUT2D eigenvalue weighted by molar-refractivity contribution is -0.137. The highest BCUT2D eigenvalue weighted by Crippen LogP contribution is 2.40. The largest absolute Gasteiger partial charge is 0.416 e. The molecule has 1 atom stereocenters. The lowest BCUT2D eigenvalue weighted by atomic mass is 9.76. The fourth-order valence-corrected chi connectivity index (χ4v) is 4.09. The number of hydrogen-bond donors (Lipinski definition) is 1.